The Labute approximate surface area is 155 Å². The van der Waals surface area contributed by atoms with Crippen molar-refractivity contribution in [3.8, 4) is 29.2 Å². The number of nitrogens with zero attached hydrogens (tertiary/aromatic N) is 2. The molecular formula is C22H25N3O. The maximum Gasteiger partial charge on any atom is 0.123 e. The minimum absolute atomic E-state index is 0.125. The largest absolute Gasteiger partial charge is 0.507 e. The average molecular weight is 347 g/mol. The van der Waals surface area contributed by atoms with E-state index in [2.05, 4.69) is 21.1 Å². The third-order valence-corrected chi connectivity index (χ3v) is 4.24. The SMILES string of the molecule is C#CC(CC)/C(=C\C(N=NC)=C(C)C)c1ccc(-c2cc[nH]c2)cc1O. The van der Waals surface area contributed by atoms with E-state index in [0.29, 0.717) is 0 Å². The lowest BCUT2D eigenvalue weighted by atomic mass is 9.88. The van der Waals surface area contributed by atoms with Crippen LogP contribution in [0, 0.1) is 18.3 Å². The fraction of sp³-hybridized carbons (Fsp3) is 0.273. The third-order valence-electron chi connectivity index (χ3n) is 4.24. The van der Waals surface area contributed by atoms with Crippen molar-refractivity contribution in [1.82, 2.24) is 4.98 Å². The molecule has 1 aromatic heterocycles. The second-order valence-corrected chi connectivity index (χ2v) is 6.24. The lowest BCUT2D eigenvalue weighted by Crippen LogP contribution is -2.01. The van der Waals surface area contributed by atoms with Gasteiger partial charge in [-0.15, -0.1) is 6.42 Å². The first-order valence-corrected chi connectivity index (χ1v) is 8.63. The molecule has 26 heavy (non-hydrogen) atoms. The number of benzene rings is 1. The van der Waals surface area contributed by atoms with E-state index in [4.69, 9.17) is 6.42 Å². The number of hydrogen-bond acceptors (Lipinski definition) is 3. The first-order chi connectivity index (χ1) is 12.5. The molecule has 1 unspecified atom stereocenters. The zero-order valence-electron chi connectivity index (χ0n) is 15.7. The second kappa shape index (κ2) is 8.87. The molecule has 1 atom stereocenters. The molecule has 2 N–H and O–H groups in total. The summed E-state index contributed by atoms with van der Waals surface area (Å²) in [6.07, 6.45) is 12.2. The summed E-state index contributed by atoms with van der Waals surface area (Å²) in [7, 11) is 1.64. The normalized spacial score (nSPS) is 12.8. The van der Waals surface area contributed by atoms with Gasteiger partial charge in [0.25, 0.3) is 0 Å². The first-order valence-electron chi connectivity index (χ1n) is 8.63. The number of nitrogens with one attached hydrogen (secondary N) is 1. The predicted molar refractivity (Wildman–Crippen MR) is 108 cm³/mol. The van der Waals surface area contributed by atoms with E-state index in [1.807, 2.05) is 57.4 Å². The standard InChI is InChI=1S/C22H25N3O/c1-6-16(7-2)20(13-21(15(3)4)25-23-5)19-9-8-17(12-22(19)26)18-10-11-24-14-18/h1,8-14,16,24,26H,7H2,2-5H3/b20-13+,25-23?. The van der Waals surface area contributed by atoms with Crippen LogP contribution in [0.5, 0.6) is 5.75 Å². The van der Waals surface area contributed by atoms with Crippen molar-refractivity contribution in [2.24, 2.45) is 16.1 Å². The summed E-state index contributed by atoms with van der Waals surface area (Å²) in [5.41, 5.74) is 5.34. The van der Waals surface area contributed by atoms with Gasteiger partial charge in [-0.3, -0.25) is 0 Å². The maximum absolute atomic E-state index is 10.7. The van der Waals surface area contributed by atoms with Gasteiger partial charge in [-0.05, 0) is 60.8 Å². The number of rotatable bonds is 6. The summed E-state index contributed by atoms with van der Waals surface area (Å²) in [6.45, 7) is 5.99. The van der Waals surface area contributed by atoms with E-state index >= 15 is 0 Å². The Bertz CT molecular complexity index is 877. The molecule has 0 bridgehead atoms. The van der Waals surface area contributed by atoms with Gasteiger partial charge < -0.3 is 10.1 Å². The summed E-state index contributed by atoms with van der Waals surface area (Å²) in [4.78, 5) is 3.03. The van der Waals surface area contributed by atoms with Crippen molar-refractivity contribution in [2.45, 2.75) is 27.2 Å². The number of phenols is 1. The highest BCUT2D eigenvalue weighted by atomic mass is 16.3. The number of H-pyrrole nitrogens is 1. The summed E-state index contributed by atoms with van der Waals surface area (Å²) >= 11 is 0. The van der Waals surface area contributed by atoms with Crippen molar-refractivity contribution in [2.75, 3.05) is 7.05 Å². The highest BCUT2D eigenvalue weighted by Gasteiger charge is 2.17. The van der Waals surface area contributed by atoms with E-state index in [0.717, 1.165) is 40.0 Å². The molecule has 0 saturated heterocycles. The van der Waals surface area contributed by atoms with E-state index in [1.54, 1.807) is 13.1 Å². The Morgan fingerprint density at radius 3 is 2.58 bits per heavy atom. The fourth-order valence-electron chi connectivity index (χ4n) is 2.78. The van der Waals surface area contributed by atoms with Crippen molar-refractivity contribution in [3.63, 3.8) is 0 Å². The summed E-state index contributed by atoms with van der Waals surface area (Å²) < 4.78 is 0. The Balaban J connectivity index is 2.60. The van der Waals surface area contributed by atoms with Crippen LogP contribution in [0.25, 0.3) is 16.7 Å². The molecule has 0 saturated carbocycles. The molecule has 0 aliphatic carbocycles. The molecule has 4 heteroatoms. The van der Waals surface area contributed by atoms with E-state index in [1.165, 1.54) is 0 Å². The van der Waals surface area contributed by atoms with E-state index in [9.17, 15) is 5.11 Å². The smallest absolute Gasteiger partial charge is 0.123 e. The third kappa shape index (κ3) is 4.31. The van der Waals surface area contributed by atoms with Crippen molar-refractivity contribution in [1.29, 1.82) is 0 Å². The monoisotopic (exact) mass is 347 g/mol. The zero-order chi connectivity index (χ0) is 19.1. The van der Waals surface area contributed by atoms with Crippen LogP contribution in [0.4, 0.5) is 0 Å². The van der Waals surface area contributed by atoms with Crippen LogP contribution in [0.15, 0.2) is 64.2 Å². The van der Waals surface area contributed by atoms with Gasteiger partial charge in [-0.25, -0.2) is 0 Å². The zero-order valence-corrected chi connectivity index (χ0v) is 15.7. The van der Waals surface area contributed by atoms with Crippen LogP contribution in [0.1, 0.15) is 32.8 Å². The molecular weight excluding hydrogens is 322 g/mol. The van der Waals surface area contributed by atoms with Crippen LogP contribution in [-0.4, -0.2) is 17.1 Å². The quantitative estimate of drug-likeness (QED) is 0.387. The number of aromatic amines is 1. The molecule has 1 heterocycles. The van der Waals surface area contributed by atoms with Gasteiger partial charge in [0, 0.05) is 30.9 Å². The molecule has 0 aliphatic heterocycles. The molecule has 134 valence electrons. The average Bonchev–Trinajstić information content (AvgIpc) is 3.15. The number of allylic oxidation sites excluding steroid dienone is 3. The van der Waals surface area contributed by atoms with Crippen LogP contribution >= 0.6 is 0 Å². The topological polar surface area (TPSA) is 60.7 Å². The number of terminal acetylenes is 1. The minimum atomic E-state index is -0.125. The van der Waals surface area contributed by atoms with Crippen molar-refractivity contribution < 1.29 is 5.11 Å². The van der Waals surface area contributed by atoms with Gasteiger partial charge in [0.1, 0.15) is 5.75 Å². The first kappa shape index (κ1) is 19.3. The predicted octanol–water partition coefficient (Wildman–Crippen LogP) is 5.81. The van der Waals surface area contributed by atoms with Crippen LogP contribution < -0.4 is 0 Å². The molecule has 0 fully saturated rings. The highest BCUT2D eigenvalue weighted by Crippen LogP contribution is 2.36. The maximum atomic E-state index is 10.7. The Kier molecular flexibility index (Phi) is 6.57. The van der Waals surface area contributed by atoms with Crippen LogP contribution in [0.3, 0.4) is 0 Å². The Morgan fingerprint density at radius 1 is 1.31 bits per heavy atom. The van der Waals surface area contributed by atoms with Crippen LogP contribution in [0.2, 0.25) is 0 Å². The summed E-state index contributed by atoms with van der Waals surface area (Å²) in [5, 5.41) is 18.8. The molecule has 0 radical (unpaired) electrons. The second-order valence-electron chi connectivity index (χ2n) is 6.24. The Hall–Kier alpha value is -3.06. The fourth-order valence-corrected chi connectivity index (χ4v) is 2.78. The van der Waals surface area contributed by atoms with Gasteiger partial charge in [-0.2, -0.15) is 10.2 Å². The van der Waals surface area contributed by atoms with Gasteiger partial charge >= 0.3 is 0 Å². The molecule has 4 nitrogen and oxygen atoms in total. The minimum Gasteiger partial charge on any atom is -0.507 e. The number of aromatic nitrogens is 1. The Morgan fingerprint density at radius 2 is 2.08 bits per heavy atom. The van der Waals surface area contributed by atoms with Gasteiger partial charge in [0.05, 0.1) is 5.70 Å². The summed E-state index contributed by atoms with van der Waals surface area (Å²) in [6, 6.07) is 7.62. The van der Waals surface area contributed by atoms with Gasteiger partial charge in [-0.1, -0.05) is 25.0 Å². The van der Waals surface area contributed by atoms with Gasteiger partial charge in [0.15, 0.2) is 0 Å². The number of hydrogen-bond donors (Lipinski definition) is 2. The number of aromatic hydroxyl groups is 1. The molecule has 0 aliphatic rings. The molecule has 1 aromatic carbocycles. The van der Waals surface area contributed by atoms with Gasteiger partial charge in [0.2, 0.25) is 0 Å². The van der Waals surface area contributed by atoms with Crippen LogP contribution in [-0.2, 0) is 0 Å². The lowest BCUT2D eigenvalue weighted by Gasteiger charge is -2.16. The summed E-state index contributed by atoms with van der Waals surface area (Å²) in [5.74, 6) is 2.90. The molecule has 2 rings (SSSR count). The lowest BCUT2D eigenvalue weighted by molar-refractivity contribution is 0.473. The van der Waals surface area contributed by atoms with Crippen molar-refractivity contribution in [3.05, 3.63) is 59.6 Å². The van der Waals surface area contributed by atoms with E-state index < -0.39 is 0 Å². The number of azo groups is 1. The highest BCUT2D eigenvalue weighted by molar-refractivity contribution is 5.78. The van der Waals surface area contributed by atoms with Crippen molar-refractivity contribution >= 4 is 5.57 Å². The van der Waals surface area contributed by atoms with E-state index in [-0.39, 0.29) is 11.7 Å². The number of phenolic OH excluding ortho intramolecular Hbond substituents is 1. The molecule has 2 aromatic rings. The molecule has 0 amide bonds. The molecule has 0 spiro atoms.